The van der Waals surface area contributed by atoms with E-state index in [1.54, 1.807) is 9.58 Å². The first-order valence-corrected chi connectivity index (χ1v) is 9.29. The number of rotatable bonds is 3. The van der Waals surface area contributed by atoms with E-state index in [-0.39, 0.29) is 5.56 Å². The molecule has 29 heavy (non-hydrogen) atoms. The molecule has 1 aliphatic rings. The molecule has 1 aliphatic heterocycles. The van der Waals surface area contributed by atoms with E-state index in [0.29, 0.717) is 37.8 Å². The Labute approximate surface area is 166 Å². The summed E-state index contributed by atoms with van der Waals surface area (Å²) in [5.41, 5.74) is 1.77. The fraction of sp³-hybridized carbons (Fsp3) is 0.300. The normalized spacial score (nSPS) is 14.3. The molecule has 3 aromatic rings. The summed E-state index contributed by atoms with van der Waals surface area (Å²) in [4.78, 5) is 16.1. The van der Waals surface area contributed by atoms with Crippen LogP contribution in [0, 0.1) is 25.5 Å². The van der Waals surface area contributed by atoms with Crippen LogP contribution < -0.4 is 4.90 Å². The zero-order chi connectivity index (χ0) is 20.5. The summed E-state index contributed by atoms with van der Waals surface area (Å²) in [7, 11) is 0. The van der Waals surface area contributed by atoms with Crippen LogP contribution in [0.3, 0.4) is 0 Å². The Morgan fingerprint density at radius 2 is 1.62 bits per heavy atom. The summed E-state index contributed by atoms with van der Waals surface area (Å²) in [5.74, 6) is -0.641. The average Bonchev–Trinajstić information content (AvgIpc) is 3.06. The molecule has 1 fully saturated rings. The van der Waals surface area contributed by atoms with Crippen molar-refractivity contribution in [1.29, 1.82) is 0 Å². The second-order valence-corrected chi connectivity index (χ2v) is 6.99. The molecule has 0 unspecified atom stereocenters. The first-order chi connectivity index (χ1) is 13.9. The van der Waals surface area contributed by atoms with Crippen molar-refractivity contribution in [3.63, 3.8) is 0 Å². The van der Waals surface area contributed by atoms with E-state index in [1.165, 1.54) is 6.07 Å². The topological polar surface area (TPSA) is 67.2 Å². The second kappa shape index (κ2) is 7.57. The van der Waals surface area contributed by atoms with Gasteiger partial charge in [0, 0.05) is 37.9 Å². The highest BCUT2D eigenvalue weighted by atomic mass is 19.1. The molecule has 7 nitrogen and oxygen atoms in total. The third kappa shape index (κ3) is 3.80. The van der Waals surface area contributed by atoms with Gasteiger partial charge in [-0.2, -0.15) is 5.10 Å². The van der Waals surface area contributed by atoms with Gasteiger partial charge < -0.3 is 9.80 Å². The van der Waals surface area contributed by atoms with Gasteiger partial charge in [0.05, 0.1) is 11.3 Å². The zero-order valence-corrected chi connectivity index (χ0v) is 16.1. The number of benzene rings is 1. The van der Waals surface area contributed by atoms with Crippen LogP contribution >= 0.6 is 0 Å². The summed E-state index contributed by atoms with van der Waals surface area (Å²) in [6, 6.07) is 8.69. The van der Waals surface area contributed by atoms with Gasteiger partial charge in [-0.3, -0.25) is 4.79 Å². The lowest BCUT2D eigenvalue weighted by Gasteiger charge is -2.35. The Balaban J connectivity index is 1.42. The molecule has 0 atom stereocenters. The fourth-order valence-corrected chi connectivity index (χ4v) is 3.43. The smallest absolute Gasteiger partial charge is 0.256 e. The van der Waals surface area contributed by atoms with Gasteiger partial charge in [0.15, 0.2) is 11.6 Å². The standard InChI is InChI=1S/C20H20F2N6O/c1-13-11-14(2)28(25-13)19-6-5-18(23-24-19)26-7-9-27(10-8-26)20(29)16-4-3-15(21)12-17(16)22/h3-6,11-12H,7-10H2,1-2H3. The van der Waals surface area contributed by atoms with Crippen molar-refractivity contribution in [2.45, 2.75) is 13.8 Å². The summed E-state index contributed by atoms with van der Waals surface area (Å²) in [6.45, 7) is 5.79. The largest absolute Gasteiger partial charge is 0.352 e. The molecule has 9 heteroatoms. The number of aryl methyl sites for hydroxylation is 2. The van der Waals surface area contributed by atoms with Crippen molar-refractivity contribution in [1.82, 2.24) is 24.9 Å². The second-order valence-electron chi connectivity index (χ2n) is 6.99. The minimum absolute atomic E-state index is 0.117. The number of carbonyl (C=O) groups is 1. The lowest BCUT2D eigenvalue weighted by Crippen LogP contribution is -2.49. The van der Waals surface area contributed by atoms with Crippen LogP contribution in [-0.4, -0.2) is 57.0 Å². The van der Waals surface area contributed by atoms with Crippen molar-refractivity contribution in [2.24, 2.45) is 0 Å². The first kappa shape index (κ1) is 19.0. The van der Waals surface area contributed by atoms with Gasteiger partial charge in [-0.1, -0.05) is 0 Å². The van der Waals surface area contributed by atoms with E-state index in [4.69, 9.17) is 0 Å². The van der Waals surface area contributed by atoms with Crippen molar-refractivity contribution >= 4 is 11.7 Å². The van der Waals surface area contributed by atoms with Crippen LogP contribution in [0.5, 0.6) is 0 Å². The molecule has 3 heterocycles. The van der Waals surface area contributed by atoms with Crippen LogP contribution in [0.4, 0.5) is 14.6 Å². The Morgan fingerprint density at radius 1 is 0.931 bits per heavy atom. The molecule has 0 N–H and O–H groups in total. The highest BCUT2D eigenvalue weighted by Crippen LogP contribution is 2.18. The average molecular weight is 398 g/mol. The molecule has 2 aromatic heterocycles. The van der Waals surface area contributed by atoms with Gasteiger partial charge in [-0.05, 0) is 44.2 Å². The lowest BCUT2D eigenvalue weighted by atomic mass is 10.1. The molecule has 0 spiro atoms. The number of hydrogen-bond donors (Lipinski definition) is 0. The lowest BCUT2D eigenvalue weighted by molar-refractivity contribution is 0.0741. The Kier molecular flexibility index (Phi) is 4.96. The van der Waals surface area contributed by atoms with E-state index in [0.717, 1.165) is 23.5 Å². The monoisotopic (exact) mass is 398 g/mol. The maximum Gasteiger partial charge on any atom is 0.256 e. The molecule has 1 amide bonds. The van der Waals surface area contributed by atoms with Gasteiger partial charge in [-0.15, -0.1) is 10.2 Å². The Morgan fingerprint density at radius 3 is 2.21 bits per heavy atom. The Bertz CT molecular complexity index is 1040. The van der Waals surface area contributed by atoms with Gasteiger partial charge in [0.2, 0.25) is 0 Å². The molecule has 4 rings (SSSR count). The van der Waals surface area contributed by atoms with Gasteiger partial charge in [-0.25, -0.2) is 13.5 Å². The van der Waals surface area contributed by atoms with Crippen molar-refractivity contribution < 1.29 is 13.6 Å². The maximum atomic E-state index is 13.9. The number of piperazine rings is 1. The molecule has 150 valence electrons. The fourth-order valence-electron chi connectivity index (χ4n) is 3.43. The number of aromatic nitrogens is 4. The quantitative estimate of drug-likeness (QED) is 0.678. The van der Waals surface area contributed by atoms with Gasteiger partial charge >= 0.3 is 0 Å². The van der Waals surface area contributed by atoms with Crippen LogP contribution in [-0.2, 0) is 0 Å². The molecular weight excluding hydrogens is 378 g/mol. The van der Waals surface area contributed by atoms with Gasteiger partial charge in [0.25, 0.3) is 5.91 Å². The minimum atomic E-state index is -0.844. The zero-order valence-electron chi connectivity index (χ0n) is 16.1. The SMILES string of the molecule is Cc1cc(C)n(-c2ccc(N3CCN(C(=O)c4ccc(F)cc4F)CC3)nn2)n1. The summed E-state index contributed by atoms with van der Waals surface area (Å²) >= 11 is 0. The third-order valence-electron chi connectivity index (χ3n) is 4.92. The summed E-state index contributed by atoms with van der Waals surface area (Å²) in [6.07, 6.45) is 0. The third-order valence-corrected chi connectivity index (χ3v) is 4.92. The molecule has 0 aliphatic carbocycles. The molecule has 0 bridgehead atoms. The van der Waals surface area contributed by atoms with Crippen molar-refractivity contribution in [2.75, 3.05) is 31.1 Å². The van der Waals surface area contributed by atoms with Crippen LogP contribution in [0.25, 0.3) is 5.82 Å². The predicted octanol–water partition coefficient (Wildman–Crippen LogP) is 2.52. The van der Waals surface area contributed by atoms with E-state index in [2.05, 4.69) is 15.3 Å². The van der Waals surface area contributed by atoms with Crippen LogP contribution in [0.2, 0.25) is 0 Å². The molecule has 1 saturated heterocycles. The van der Waals surface area contributed by atoms with E-state index >= 15 is 0 Å². The summed E-state index contributed by atoms with van der Waals surface area (Å²) < 4.78 is 28.7. The molecule has 0 radical (unpaired) electrons. The van der Waals surface area contributed by atoms with E-state index < -0.39 is 17.5 Å². The minimum Gasteiger partial charge on any atom is -0.352 e. The van der Waals surface area contributed by atoms with Gasteiger partial charge in [0.1, 0.15) is 11.6 Å². The van der Waals surface area contributed by atoms with Crippen LogP contribution in [0.1, 0.15) is 21.7 Å². The number of anilines is 1. The maximum absolute atomic E-state index is 13.9. The number of hydrogen-bond acceptors (Lipinski definition) is 5. The Hall–Kier alpha value is -3.36. The van der Waals surface area contributed by atoms with E-state index in [9.17, 15) is 13.6 Å². The molecular formula is C20H20F2N6O. The predicted molar refractivity (Wildman–Crippen MR) is 103 cm³/mol. The molecule has 1 aromatic carbocycles. The highest BCUT2D eigenvalue weighted by molar-refractivity contribution is 5.94. The highest BCUT2D eigenvalue weighted by Gasteiger charge is 2.25. The number of halogens is 2. The van der Waals surface area contributed by atoms with Crippen LogP contribution in [0.15, 0.2) is 36.4 Å². The van der Waals surface area contributed by atoms with Crippen molar-refractivity contribution in [3.8, 4) is 5.82 Å². The number of carbonyl (C=O) groups excluding carboxylic acids is 1. The number of amides is 1. The molecule has 0 saturated carbocycles. The number of nitrogens with zero attached hydrogens (tertiary/aromatic N) is 6. The summed E-state index contributed by atoms with van der Waals surface area (Å²) in [5, 5.41) is 12.9. The first-order valence-electron chi connectivity index (χ1n) is 9.29. The van der Waals surface area contributed by atoms with Crippen molar-refractivity contribution in [3.05, 3.63) is 65.0 Å². The van der Waals surface area contributed by atoms with E-state index in [1.807, 2.05) is 36.9 Å².